The van der Waals surface area contributed by atoms with Crippen LogP contribution in [-0.2, 0) is 4.57 Å². The van der Waals surface area contributed by atoms with E-state index < -0.39 is 8.03 Å². The molecule has 1 aromatic rings. The Morgan fingerprint density at radius 3 is 2.82 bits per heavy atom. The summed E-state index contributed by atoms with van der Waals surface area (Å²) < 4.78 is 15.4. The molecule has 1 rings (SSSR count). The minimum Gasteiger partial charge on any atom is -0.497 e. The van der Waals surface area contributed by atoms with E-state index >= 15 is 0 Å². The molecule has 1 unspecified atom stereocenters. The fourth-order valence-electron chi connectivity index (χ4n) is 0.729. The fourth-order valence-corrected chi connectivity index (χ4v) is 1.18. The summed E-state index contributed by atoms with van der Waals surface area (Å²) in [6.07, 6.45) is 0. The average Bonchev–Trinajstić information content (AvgIpc) is 2.05. The molecule has 0 spiro atoms. The molecule has 0 saturated carbocycles. The van der Waals surface area contributed by atoms with Gasteiger partial charge in [0.15, 0.2) is 0 Å². The van der Waals surface area contributed by atoms with Crippen molar-refractivity contribution in [1.82, 2.24) is 0 Å². The van der Waals surface area contributed by atoms with Crippen LogP contribution in [0.2, 0.25) is 0 Å². The monoisotopic (exact) mass is 171 g/mol. The lowest BCUT2D eigenvalue weighted by Gasteiger charge is -1.94. The average molecular weight is 171 g/mol. The van der Waals surface area contributed by atoms with Crippen molar-refractivity contribution < 1.29 is 14.2 Å². The highest BCUT2D eigenvalue weighted by atomic mass is 31.1. The lowest BCUT2D eigenvalue weighted by Crippen LogP contribution is -1.95. The number of benzene rings is 1. The van der Waals surface area contributed by atoms with Crippen molar-refractivity contribution in [3.63, 3.8) is 0 Å². The van der Waals surface area contributed by atoms with Gasteiger partial charge in [0.05, 0.1) is 7.11 Å². The second kappa shape index (κ2) is 3.46. The normalized spacial score (nSPS) is 10.9. The molecule has 0 amide bonds. The molecule has 0 aliphatic heterocycles. The van der Waals surface area contributed by atoms with E-state index in [1.165, 1.54) is 7.11 Å². The Hall–Kier alpha value is -0.920. The molecule has 1 N–H and O–H groups in total. The fraction of sp³-hybridized carbons (Fsp3) is 0.143. The number of ether oxygens (including phenoxy) is 1. The van der Waals surface area contributed by atoms with Gasteiger partial charge in [-0.25, -0.2) is 0 Å². The maximum atomic E-state index is 10.6. The highest BCUT2D eigenvalue weighted by Crippen LogP contribution is 2.16. The van der Waals surface area contributed by atoms with E-state index in [1.54, 1.807) is 24.3 Å². The highest BCUT2D eigenvalue weighted by molar-refractivity contribution is 7.47. The molecule has 58 valence electrons. The first-order valence-corrected chi connectivity index (χ1v) is 4.25. The summed E-state index contributed by atoms with van der Waals surface area (Å²) >= 11 is 0. The van der Waals surface area contributed by atoms with Crippen LogP contribution < -0.4 is 10.0 Å². The Balaban J connectivity index is 3.01. The van der Waals surface area contributed by atoms with Gasteiger partial charge in [-0.2, -0.15) is 4.89 Å². The van der Waals surface area contributed by atoms with Crippen LogP contribution in [0.3, 0.4) is 0 Å². The standard InChI is InChI=1S/C7H7O3P/c1-10-6-3-2-4-7(5-6)11(8)9/h2-5H,1H3/p+1. The Kier molecular flexibility index (Phi) is 2.58. The summed E-state index contributed by atoms with van der Waals surface area (Å²) in [5.74, 6) is 0.597. The van der Waals surface area contributed by atoms with E-state index in [0.29, 0.717) is 11.1 Å². The van der Waals surface area contributed by atoms with Gasteiger partial charge in [0.1, 0.15) is 5.75 Å². The Morgan fingerprint density at radius 1 is 1.55 bits per heavy atom. The summed E-state index contributed by atoms with van der Waals surface area (Å²) in [7, 11) is -0.730. The van der Waals surface area contributed by atoms with Crippen LogP contribution in [0.1, 0.15) is 0 Å². The molecule has 1 atom stereocenters. The van der Waals surface area contributed by atoms with Crippen molar-refractivity contribution in [3.8, 4) is 5.75 Å². The predicted octanol–water partition coefficient (Wildman–Crippen LogP) is 1.06. The van der Waals surface area contributed by atoms with Gasteiger partial charge in [0.2, 0.25) is 5.30 Å². The van der Waals surface area contributed by atoms with Crippen molar-refractivity contribution in [2.24, 2.45) is 0 Å². The van der Waals surface area contributed by atoms with Gasteiger partial charge in [-0.3, -0.25) is 0 Å². The first-order chi connectivity index (χ1) is 5.24. The lowest BCUT2D eigenvalue weighted by molar-refractivity contribution is 0.415. The van der Waals surface area contributed by atoms with E-state index in [4.69, 9.17) is 9.63 Å². The Labute approximate surface area is 65.5 Å². The number of hydrogen-bond donors (Lipinski definition) is 1. The van der Waals surface area contributed by atoms with E-state index in [9.17, 15) is 4.57 Å². The van der Waals surface area contributed by atoms with E-state index in [0.717, 1.165) is 0 Å². The van der Waals surface area contributed by atoms with Crippen LogP contribution in [-0.4, -0.2) is 12.0 Å². The summed E-state index contributed by atoms with van der Waals surface area (Å²) in [6.45, 7) is 0. The Morgan fingerprint density at radius 2 is 2.27 bits per heavy atom. The van der Waals surface area contributed by atoms with Gasteiger partial charge in [-0.15, -0.1) is 0 Å². The van der Waals surface area contributed by atoms with E-state index in [2.05, 4.69) is 0 Å². The third-order valence-electron chi connectivity index (χ3n) is 1.27. The third-order valence-corrected chi connectivity index (χ3v) is 1.99. The van der Waals surface area contributed by atoms with Crippen molar-refractivity contribution in [1.29, 1.82) is 0 Å². The van der Waals surface area contributed by atoms with E-state index in [-0.39, 0.29) is 0 Å². The third kappa shape index (κ3) is 2.00. The molecule has 0 aliphatic rings. The molecule has 0 bridgehead atoms. The van der Waals surface area contributed by atoms with Crippen molar-refractivity contribution in [2.75, 3.05) is 7.11 Å². The zero-order valence-electron chi connectivity index (χ0n) is 6.02. The minimum atomic E-state index is -2.25. The molecule has 4 heteroatoms. The zero-order valence-corrected chi connectivity index (χ0v) is 6.91. The second-order valence-electron chi connectivity index (χ2n) is 1.97. The number of hydrogen-bond acceptors (Lipinski definition) is 2. The molecule has 3 nitrogen and oxygen atoms in total. The molecule has 0 aliphatic carbocycles. The van der Waals surface area contributed by atoms with Crippen LogP contribution >= 0.6 is 8.03 Å². The molecular formula is C7H8O3P+. The minimum absolute atomic E-state index is 0.388. The molecule has 0 heterocycles. The van der Waals surface area contributed by atoms with E-state index in [1.807, 2.05) is 0 Å². The molecular weight excluding hydrogens is 163 g/mol. The second-order valence-corrected chi connectivity index (χ2v) is 3.04. The van der Waals surface area contributed by atoms with Gasteiger partial charge in [0, 0.05) is 6.07 Å². The topological polar surface area (TPSA) is 46.5 Å². The lowest BCUT2D eigenvalue weighted by atomic mass is 10.3. The van der Waals surface area contributed by atoms with Gasteiger partial charge < -0.3 is 4.74 Å². The van der Waals surface area contributed by atoms with Crippen LogP contribution in [0.25, 0.3) is 0 Å². The Bertz CT molecular complexity index is 272. The zero-order chi connectivity index (χ0) is 8.27. The summed E-state index contributed by atoms with van der Waals surface area (Å²) in [5, 5.41) is 0.388. The van der Waals surface area contributed by atoms with Gasteiger partial charge >= 0.3 is 8.03 Å². The van der Waals surface area contributed by atoms with Crippen LogP contribution in [0.5, 0.6) is 5.75 Å². The molecule has 1 aromatic carbocycles. The quantitative estimate of drug-likeness (QED) is 0.676. The van der Waals surface area contributed by atoms with Gasteiger partial charge in [-0.1, -0.05) is 6.07 Å². The smallest absolute Gasteiger partial charge is 0.497 e. The molecule has 0 aromatic heterocycles. The first-order valence-electron chi connectivity index (χ1n) is 3.04. The molecule has 0 saturated heterocycles. The summed E-state index contributed by atoms with van der Waals surface area (Å²) in [6, 6.07) is 6.53. The van der Waals surface area contributed by atoms with Crippen molar-refractivity contribution in [2.45, 2.75) is 0 Å². The SMILES string of the molecule is COc1cccc([P+](=O)O)c1. The van der Waals surface area contributed by atoms with Crippen molar-refractivity contribution >= 4 is 13.3 Å². The van der Waals surface area contributed by atoms with Gasteiger partial charge in [-0.05, 0) is 16.7 Å². The largest absolute Gasteiger partial charge is 0.546 e. The first kappa shape index (κ1) is 8.18. The highest BCUT2D eigenvalue weighted by Gasteiger charge is 2.15. The number of methoxy groups -OCH3 is 1. The number of rotatable bonds is 2. The molecule has 11 heavy (non-hydrogen) atoms. The van der Waals surface area contributed by atoms with Crippen LogP contribution in [0.4, 0.5) is 0 Å². The summed E-state index contributed by atoms with van der Waals surface area (Å²) in [5.41, 5.74) is 0. The summed E-state index contributed by atoms with van der Waals surface area (Å²) in [4.78, 5) is 8.70. The van der Waals surface area contributed by atoms with Crippen LogP contribution in [0, 0.1) is 0 Å². The van der Waals surface area contributed by atoms with Crippen LogP contribution in [0.15, 0.2) is 24.3 Å². The maximum Gasteiger partial charge on any atom is 0.546 e. The maximum absolute atomic E-state index is 10.6. The predicted molar refractivity (Wildman–Crippen MR) is 42.5 cm³/mol. The van der Waals surface area contributed by atoms with Gasteiger partial charge in [0.25, 0.3) is 0 Å². The molecule has 0 fully saturated rings. The molecule has 0 radical (unpaired) electrons. The van der Waals surface area contributed by atoms with Crippen molar-refractivity contribution in [3.05, 3.63) is 24.3 Å².